The Morgan fingerprint density at radius 3 is 2.39 bits per heavy atom. The number of ether oxygens (including phenoxy) is 2. The second kappa shape index (κ2) is 7.42. The Morgan fingerprint density at radius 1 is 1.22 bits per heavy atom. The van der Waals surface area contributed by atoms with E-state index in [9.17, 15) is 4.79 Å². The molecule has 1 rings (SSSR count). The third kappa shape index (κ3) is 5.43. The van der Waals surface area contributed by atoms with Gasteiger partial charge in [-0.3, -0.25) is 0 Å². The quantitative estimate of drug-likeness (QED) is 0.759. The van der Waals surface area contributed by atoms with Crippen LogP contribution in [0.15, 0.2) is 24.3 Å². The summed E-state index contributed by atoms with van der Waals surface area (Å²) >= 11 is 0. The van der Waals surface area contributed by atoms with Crippen LogP contribution in [0.25, 0.3) is 0 Å². The summed E-state index contributed by atoms with van der Waals surface area (Å²) in [5, 5.41) is 5.44. The van der Waals surface area contributed by atoms with Crippen molar-refractivity contribution in [1.29, 1.82) is 0 Å². The van der Waals surface area contributed by atoms with Gasteiger partial charge in [-0.2, -0.15) is 0 Å². The molecule has 1 aromatic rings. The van der Waals surface area contributed by atoms with Crippen LogP contribution in [0.4, 0.5) is 4.79 Å². The van der Waals surface area contributed by atoms with Gasteiger partial charge in [-0.15, -0.1) is 0 Å². The molecule has 2 amide bonds. The fourth-order valence-electron chi connectivity index (χ4n) is 1.32. The second-order valence-corrected chi connectivity index (χ2v) is 4.08. The summed E-state index contributed by atoms with van der Waals surface area (Å²) < 4.78 is 10.5. The molecular formula is C13H20N2O3. The molecule has 0 aromatic heterocycles. The topological polar surface area (TPSA) is 59.6 Å². The van der Waals surface area contributed by atoms with E-state index in [1.54, 1.807) is 7.11 Å². The fraction of sp³-hybridized carbons (Fsp3) is 0.462. The molecule has 0 atom stereocenters. The van der Waals surface area contributed by atoms with Gasteiger partial charge in [0.05, 0.1) is 13.7 Å². The molecule has 1 aromatic carbocycles. The minimum absolute atomic E-state index is 0.132. The second-order valence-electron chi connectivity index (χ2n) is 4.08. The summed E-state index contributed by atoms with van der Waals surface area (Å²) in [6.07, 6.45) is 0. The Hall–Kier alpha value is -1.91. The third-order valence-corrected chi connectivity index (χ3v) is 2.14. The highest BCUT2D eigenvalue weighted by Gasteiger charge is 2.01. The number of hydrogen-bond donors (Lipinski definition) is 2. The average molecular weight is 252 g/mol. The van der Waals surface area contributed by atoms with Gasteiger partial charge in [0.1, 0.15) is 18.1 Å². The molecule has 0 aliphatic rings. The van der Waals surface area contributed by atoms with Gasteiger partial charge in [0.25, 0.3) is 0 Å². The van der Waals surface area contributed by atoms with Crippen molar-refractivity contribution >= 4 is 6.03 Å². The van der Waals surface area contributed by atoms with Crippen molar-refractivity contribution in [1.82, 2.24) is 10.6 Å². The standard InChI is InChI=1S/C13H20N2O3/c1-10(2)15-13(16)14-8-9-18-12-6-4-11(17-3)5-7-12/h4-7,10H,8-9H2,1-3H3,(H2,14,15,16). The predicted molar refractivity (Wildman–Crippen MR) is 70.2 cm³/mol. The number of amides is 2. The molecule has 0 radical (unpaired) electrons. The molecule has 0 bridgehead atoms. The van der Waals surface area contributed by atoms with Crippen molar-refractivity contribution in [3.05, 3.63) is 24.3 Å². The minimum Gasteiger partial charge on any atom is -0.497 e. The SMILES string of the molecule is COc1ccc(OCCNC(=O)NC(C)C)cc1. The lowest BCUT2D eigenvalue weighted by atomic mass is 10.3. The monoisotopic (exact) mass is 252 g/mol. The molecule has 0 fully saturated rings. The molecule has 0 heterocycles. The van der Waals surface area contributed by atoms with Crippen LogP contribution >= 0.6 is 0 Å². The summed E-state index contributed by atoms with van der Waals surface area (Å²) in [4.78, 5) is 11.3. The smallest absolute Gasteiger partial charge is 0.315 e. The maximum Gasteiger partial charge on any atom is 0.315 e. The van der Waals surface area contributed by atoms with Crippen molar-refractivity contribution in [3.63, 3.8) is 0 Å². The van der Waals surface area contributed by atoms with Crippen molar-refractivity contribution in [2.24, 2.45) is 0 Å². The zero-order valence-electron chi connectivity index (χ0n) is 11.0. The number of urea groups is 1. The van der Waals surface area contributed by atoms with Gasteiger partial charge in [0.15, 0.2) is 0 Å². The van der Waals surface area contributed by atoms with Gasteiger partial charge < -0.3 is 20.1 Å². The number of carbonyl (C=O) groups excluding carboxylic acids is 1. The zero-order chi connectivity index (χ0) is 13.4. The average Bonchev–Trinajstić information content (AvgIpc) is 2.34. The normalized spacial score (nSPS) is 10.0. The molecule has 2 N–H and O–H groups in total. The number of benzene rings is 1. The lowest BCUT2D eigenvalue weighted by molar-refractivity contribution is 0.234. The van der Waals surface area contributed by atoms with Crippen molar-refractivity contribution in [2.45, 2.75) is 19.9 Å². The molecule has 100 valence electrons. The third-order valence-electron chi connectivity index (χ3n) is 2.14. The van der Waals surface area contributed by atoms with Gasteiger partial charge in [0, 0.05) is 6.04 Å². The van der Waals surface area contributed by atoms with Crippen molar-refractivity contribution in [3.8, 4) is 11.5 Å². The number of nitrogens with one attached hydrogen (secondary N) is 2. The molecule has 5 heteroatoms. The molecule has 0 saturated carbocycles. The molecular weight excluding hydrogens is 232 g/mol. The lowest BCUT2D eigenvalue weighted by Crippen LogP contribution is -2.41. The Balaban J connectivity index is 2.19. The maximum absolute atomic E-state index is 11.3. The first-order valence-electron chi connectivity index (χ1n) is 5.93. The van der Waals surface area contributed by atoms with E-state index in [2.05, 4.69) is 10.6 Å². The first-order chi connectivity index (χ1) is 8.61. The number of methoxy groups -OCH3 is 1. The summed E-state index contributed by atoms with van der Waals surface area (Å²) in [6, 6.07) is 7.26. The highest BCUT2D eigenvalue weighted by molar-refractivity contribution is 5.74. The van der Waals surface area contributed by atoms with Gasteiger partial charge in [-0.25, -0.2) is 4.79 Å². The molecule has 0 aliphatic heterocycles. The molecule has 0 aliphatic carbocycles. The molecule has 18 heavy (non-hydrogen) atoms. The van der Waals surface area contributed by atoms with Crippen LogP contribution in [0.2, 0.25) is 0 Å². The van der Waals surface area contributed by atoms with Gasteiger partial charge in [-0.05, 0) is 38.1 Å². The molecule has 0 saturated heterocycles. The van der Waals surface area contributed by atoms with Crippen LogP contribution in [-0.2, 0) is 0 Å². The van der Waals surface area contributed by atoms with Gasteiger partial charge in [0.2, 0.25) is 0 Å². The number of carbonyl (C=O) groups is 1. The maximum atomic E-state index is 11.3. The molecule has 5 nitrogen and oxygen atoms in total. The highest BCUT2D eigenvalue weighted by Crippen LogP contribution is 2.16. The summed E-state index contributed by atoms with van der Waals surface area (Å²) in [6.45, 7) is 4.71. The van der Waals surface area contributed by atoms with E-state index in [0.29, 0.717) is 13.2 Å². The number of hydrogen-bond acceptors (Lipinski definition) is 3. The van der Waals surface area contributed by atoms with Crippen molar-refractivity contribution in [2.75, 3.05) is 20.3 Å². The van der Waals surface area contributed by atoms with Crippen LogP contribution in [0.1, 0.15) is 13.8 Å². The first-order valence-corrected chi connectivity index (χ1v) is 5.93. The van der Waals surface area contributed by atoms with E-state index in [-0.39, 0.29) is 12.1 Å². The van der Waals surface area contributed by atoms with Gasteiger partial charge >= 0.3 is 6.03 Å². The van der Waals surface area contributed by atoms with Crippen LogP contribution in [0.5, 0.6) is 11.5 Å². The first kappa shape index (κ1) is 14.2. The van der Waals surface area contributed by atoms with E-state index < -0.39 is 0 Å². The predicted octanol–water partition coefficient (Wildman–Crippen LogP) is 1.78. The zero-order valence-corrected chi connectivity index (χ0v) is 11.0. The number of rotatable bonds is 6. The fourth-order valence-corrected chi connectivity index (χ4v) is 1.32. The summed E-state index contributed by atoms with van der Waals surface area (Å²) in [5.41, 5.74) is 0. The van der Waals surface area contributed by atoms with E-state index in [1.807, 2.05) is 38.1 Å². The summed E-state index contributed by atoms with van der Waals surface area (Å²) in [7, 11) is 1.62. The van der Waals surface area contributed by atoms with E-state index in [0.717, 1.165) is 11.5 Å². The Bertz CT molecular complexity index is 363. The van der Waals surface area contributed by atoms with E-state index in [4.69, 9.17) is 9.47 Å². The van der Waals surface area contributed by atoms with Crippen molar-refractivity contribution < 1.29 is 14.3 Å². The van der Waals surface area contributed by atoms with E-state index in [1.165, 1.54) is 0 Å². The Morgan fingerprint density at radius 2 is 1.83 bits per heavy atom. The molecule has 0 spiro atoms. The largest absolute Gasteiger partial charge is 0.497 e. The highest BCUT2D eigenvalue weighted by atomic mass is 16.5. The van der Waals surface area contributed by atoms with Crippen LogP contribution < -0.4 is 20.1 Å². The Labute approximate surface area is 107 Å². The van der Waals surface area contributed by atoms with Gasteiger partial charge in [-0.1, -0.05) is 0 Å². The Kier molecular flexibility index (Phi) is 5.84. The summed E-state index contributed by atoms with van der Waals surface area (Å²) in [5.74, 6) is 1.54. The minimum atomic E-state index is -0.177. The van der Waals surface area contributed by atoms with Crippen LogP contribution in [0.3, 0.4) is 0 Å². The lowest BCUT2D eigenvalue weighted by Gasteiger charge is -2.11. The van der Waals surface area contributed by atoms with Crippen LogP contribution in [0, 0.1) is 0 Å². The van der Waals surface area contributed by atoms with Crippen LogP contribution in [-0.4, -0.2) is 32.3 Å². The molecule has 0 unspecified atom stereocenters. The van der Waals surface area contributed by atoms with E-state index >= 15 is 0 Å².